The topological polar surface area (TPSA) is 75.7 Å². The zero-order chi connectivity index (χ0) is 22.6. The highest BCUT2D eigenvalue weighted by atomic mass is 32.2. The number of hydrogen-bond donors (Lipinski definition) is 1. The van der Waals surface area contributed by atoms with Crippen LogP contribution in [0.15, 0.2) is 77.7 Å². The number of methoxy groups -OCH3 is 1. The minimum atomic E-state index is -3.76. The highest BCUT2D eigenvalue weighted by molar-refractivity contribution is 7.89. The summed E-state index contributed by atoms with van der Waals surface area (Å²) in [5, 5.41) is 2.93. The smallest absolute Gasteiger partial charge is 0.251 e. The number of carbonyl (C=O) groups is 1. The fourth-order valence-electron chi connectivity index (χ4n) is 3.17. The molecule has 0 aliphatic rings. The number of benzene rings is 3. The van der Waals surface area contributed by atoms with Gasteiger partial charge in [-0.1, -0.05) is 54.6 Å². The number of sulfonamides is 1. The lowest BCUT2D eigenvalue weighted by Crippen LogP contribution is -2.27. The summed E-state index contributed by atoms with van der Waals surface area (Å²) in [5.74, 6) is -0.174. The van der Waals surface area contributed by atoms with E-state index in [4.69, 9.17) is 4.74 Å². The molecule has 3 aromatic carbocycles. The van der Waals surface area contributed by atoms with Crippen molar-refractivity contribution in [2.45, 2.75) is 17.9 Å². The molecule has 0 saturated carbocycles. The molecule has 1 atom stereocenters. The van der Waals surface area contributed by atoms with Crippen LogP contribution in [0.2, 0.25) is 0 Å². The van der Waals surface area contributed by atoms with Crippen molar-refractivity contribution in [3.05, 3.63) is 83.9 Å². The van der Waals surface area contributed by atoms with E-state index < -0.39 is 10.0 Å². The second-order valence-corrected chi connectivity index (χ2v) is 9.46. The van der Waals surface area contributed by atoms with Crippen molar-refractivity contribution in [3.8, 4) is 16.9 Å². The third-order valence-corrected chi connectivity index (χ3v) is 6.89. The molecule has 1 amide bonds. The standard InChI is InChI=1S/C24H26N2O4S/c1-17(18-10-12-20(13-11-18)19-8-6-5-7-9-19)25-24(27)21-14-15-22(30-4)23(16-21)31(28,29)26(2)3/h5-17H,1-4H3,(H,25,27)/t17-/m0/s1. The van der Waals surface area contributed by atoms with Crippen molar-refractivity contribution >= 4 is 15.9 Å². The summed E-state index contributed by atoms with van der Waals surface area (Å²) in [6, 6.07) is 22.2. The molecule has 0 fully saturated rings. The third kappa shape index (κ3) is 4.95. The first-order valence-corrected chi connectivity index (χ1v) is 11.2. The van der Waals surface area contributed by atoms with Crippen LogP contribution in [0, 0.1) is 0 Å². The average molecular weight is 439 g/mol. The van der Waals surface area contributed by atoms with Gasteiger partial charge in [0.15, 0.2) is 0 Å². The fourth-order valence-corrected chi connectivity index (χ4v) is 4.25. The van der Waals surface area contributed by atoms with Gasteiger partial charge in [-0.3, -0.25) is 4.79 Å². The normalized spacial score (nSPS) is 12.4. The molecule has 162 valence electrons. The molecule has 0 spiro atoms. The van der Waals surface area contributed by atoms with Crippen LogP contribution >= 0.6 is 0 Å². The molecule has 31 heavy (non-hydrogen) atoms. The number of ether oxygens (including phenoxy) is 1. The fraction of sp³-hybridized carbons (Fsp3) is 0.208. The van der Waals surface area contributed by atoms with Crippen LogP contribution in [0.5, 0.6) is 5.75 Å². The van der Waals surface area contributed by atoms with Crippen LogP contribution in [-0.4, -0.2) is 39.8 Å². The van der Waals surface area contributed by atoms with Gasteiger partial charge in [0.1, 0.15) is 10.6 Å². The van der Waals surface area contributed by atoms with Crippen LogP contribution in [0.1, 0.15) is 28.9 Å². The van der Waals surface area contributed by atoms with Gasteiger partial charge in [-0.2, -0.15) is 0 Å². The number of carbonyl (C=O) groups excluding carboxylic acids is 1. The Morgan fingerprint density at radius 3 is 2.13 bits per heavy atom. The first kappa shape index (κ1) is 22.5. The van der Waals surface area contributed by atoms with E-state index in [0.717, 1.165) is 21.0 Å². The Kier molecular flexibility index (Phi) is 6.77. The summed E-state index contributed by atoms with van der Waals surface area (Å²) in [4.78, 5) is 12.8. The van der Waals surface area contributed by atoms with Crippen molar-refractivity contribution in [1.82, 2.24) is 9.62 Å². The van der Waals surface area contributed by atoms with Crippen molar-refractivity contribution in [3.63, 3.8) is 0 Å². The maximum absolute atomic E-state index is 12.8. The quantitative estimate of drug-likeness (QED) is 0.603. The first-order chi connectivity index (χ1) is 14.7. The molecule has 0 aliphatic carbocycles. The predicted molar refractivity (Wildman–Crippen MR) is 122 cm³/mol. The molecule has 0 saturated heterocycles. The molecule has 0 unspecified atom stereocenters. The Balaban J connectivity index is 1.80. The zero-order valence-electron chi connectivity index (χ0n) is 18.0. The van der Waals surface area contributed by atoms with Crippen molar-refractivity contribution < 1.29 is 17.9 Å². The van der Waals surface area contributed by atoms with Gasteiger partial charge in [-0.25, -0.2) is 12.7 Å². The van der Waals surface area contributed by atoms with Crippen molar-refractivity contribution in [2.24, 2.45) is 0 Å². The molecule has 0 radical (unpaired) electrons. The monoisotopic (exact) mass is 438 g/mol. The molecule has 1 N–H and O–H groups in total. The second-order valence-electron chi connectivity index (χ2n) is 7.34. The van der Waals surface area contributed by atoms with Gasteiger partial charge >= 0.3 is 0 Å². The second kappa shape index (κ2) is 9.32. The number of amides is 1. The van der Waals surface area contributed by atoms with E-state index in [9.17, 15) is 13.2 Å². The van der Waals surface area contributed by atoms with Gasteiger partial charge in [0.05, 0.1) is 13.2 Å². The maximum Gasteiger partial charge on any atom is 0.251 e. The van der Waals surface area contributed by atoms with E-state index in [0.29, 0.717) is 0 Å². The summed E-state index contributed by atoms with van der Waals surface area (Å²) >= 11 is 0. The van der Waals surface area contributed by atoms with Crippen LogP contribution in [0.25, 0.3) is 11.1 Å². The molecule has 0 aromatic heterocycles. The molecule has 0 bridgehead atoms. The van der Waals surface area contributed by atoms with Gasteiger partial charge < -0.3 is 10.1 Å². The molecule has 3 rings (SSSR count). The van der Waals surface area contributed by atoms with Crippen molar-refractivity contribution in [2.75, 3.05) is 21.2 Å². The number of nitrogens with zero attached hydrogens (tertiary/aromatic N) is 1. The zero-order valence-corrected chi connectivity index (χ0v) is 18.8. The SMILES string of the molecule is COc1ccc(C(=O)N[C@@H](C)c2ccc(-c3ccccc3)cc2)cc1S(=O)(=O)N(C)C. The minimum Gasteiger partial charge on any atom is -0.495 e. The average Bonchev–Trinajstić information content (AvgIpc) is 2.79. The largest absolute Gasteiger partial charge is 0.495 e. The lowest BCUT2D eigenvalue weighted by molar-refractivity contribution is 0.0939. The van der Waals surface area contributed by atoms with E-state index >= 15 is 0 Å². The molecule has 0 aliphatic heterocycles. The first-order valence-electron chi connectivity index (χ1n) is 9.81. The van der Waals surface area contributed by atoms with Crippen LogP contribution in [0.4, 0.5) is 0 Å². The Morgan fingerprint density at radius 2 is 1.55 bits per heavy atom. The summed E-state index contributed by atoms with van der Waals surface area (Å²) in [6.07, 6.45) is 0. The maximum atomic E-state index is 12.8. The molecule has 3 aromatic rings. The molecule has 0 heterocycles. The highest BCUT2D eigenvalue weighted by Gasteiger charge is 2.24. The van der Waals surface area contributed by atoms with Crippen LogP contribution < -0.4 is 10.1 Å². The summed E-state index contributed by atoms with van der Waals surface area (Å²) in [5.41, 5.74) is 3.41. The Labute approximate surface area is 183 Å². The Bertz CT molecular complexity index is 1160. The lowest BCUT2D eigenvalue weighted by atomic mass is 10.0. The third-order valence-electron chi connectivity index (χ3n) is 5.05. The number of hydrogen-bond acceptors (Lipinski definition) is 4. The molecular formula is C24H26N2O4S. The van der Waals surface area contributed by atoms with Gasteiger partial charge in [0.2, 0.25) is 10.0 Å². The van der Waals surface area contributed by atoms with Crippen LogP contribution in [-0.2, 0) is 10.0 Å². The predicted octanol–water partition coefficient (Wildman–Crippen LogP) is 4.10. The Hall–Kier alpha value is -3.16. The summed E-state index contributed by atoms with van der Waals surface area (Å²) in [6.45, 7) is 1.89. The van der Waals surface area contributed by atoms with E-state index in [2.05, 4.69) is 5.32 Å². The lowest BCUT2D eigenvalue weighted by Gasteiger charge is -2.17. The molecule has 6 nitrogen and oxygen atoms in total. The van der Waals surface area contributed by atoms with E-state index in [1.54, 1.807) is 6.07 Å². The number of rotatable bonds is 7. The van der Waals surface area contributed by atoms with E-state index in [1.165, 1.54) is 33.3 Å². The van der Waals surface area contributed by atoms with Gasteiger partial charge in [-0.05, 0) is 41.8 Å². The highest BCUT2D eigenvalue weighted by Crippen LogP contribution is 2.27. The van der Waals surface area contributed by atoms with Crippen LogP contribution in [0.3, 0.4) is 0 Å². The molecule has 7 heteroatoms. The van der Waals surface area contributed by atoms with E-state index in [-0.39, 0.29) is 28.2 Å². The van der Waals surface area contributed by atoms with Gasteiger partial charge in [-0.15, -0.1) is 0 Å². The van der Waals surface area contributed by atoms with Crippen molar-refractivity contribution in [1.29, 1.82) is 0 Å². The summed E-state index contributed by atoms with van der Waals surface area (Å²) < 4.78 is 31.5. The minimum absolute atomic E-state index is 0.0486. The van der Waals surface area contributed by atoms with Gasteiger partial charge in [0, 0.05) is 19.7 Å². The van der Waals surface area contributed by atoms with E-state index in [1.807, 2.05) is 61.5 Å². The summed E-state index contributed by atoms with van der Waals surface area (Å²) in [7, 11) is 0.501. The Morgan fingerprint density at radius 1 is 0.935 bits per heavy atom. The molecular weight excluding hydrogens is 412 g/mol. The van der Waals surface area contributed by atoms with Gasteiger partial charge in [0.25, 0.3) is 5.91 Å². The number of nitrogens with one attached hydrogen (secondary N) is 1.